The SMILES string of the molecule is COc1ccc(C(O)C(N)CC(=O)O)c(OC)c1. The average Bonchev–Trinajstić information content (AvgIpc) is 2.36. The van der Waals surface area contributed by atoms with Crippen LogP contribution in [0.5, 0.6) is 11.5 Å². The Labute approximate surface area is 105 Å². The van der Waals surface area contributed by atoms with Gasteiger partial charge in [0, 0.05) is 17.7 Å². The molecule has 0 radical (unpaired) electrons. The van der Waals surface area contributed by atoms with Gasteiger partial charge < -0.3 is 25.4 Å². The molecule has 0 amide bonds. The fourth-order valence-corrected chi connectivity index (χ4v) is 1.61. The summed E-state index contributed by atoms with van der Waals surface area (Å²) in [6.07, 6.45) is -1.43. The number of hydrogen-bond acceptors (Lipinski definition) is 5. The Morgan fingerprint density at radius 1 is 1.39 bits per heavy atom. The lowest BCUT2D eigenvalue weighted by molar-refractivity contribution is -0.138. The Hall–Kier alpha value is -1.79. The van der Waals surface area contributed by atoms with E-state index in [1.807, 2.05) is 0 Å². The Morgan fingerprint density at radius 2 is 2.06 bits per heavy atom. The van der Waals surface area contributed by atoms with Crippen molar-refractivity contribution in [3.8, 4) is 11.5 Å². The van der Waals surface area contributed by atoms with Crippen LogP contribution in [0.15, 0.2) is 18.2 Å². The van der Waals surface area contributed by atoms with Crippen LogP contribution in [-0.2, 0) is 4.79 Å². The highest BCUT2D eigenvalue weighted by atomic mass is 16.5. The molecule has 0 heterocycles. The van der Waals surface area contributed by atoms with E-state index in [0.29, 0.717) is 17.1 Å². The van der Waals surface area contributed by atoms with Gasteiger partial charge in [-0.25, -0.2) is 0 Å². The van der Waals surface area contributed by atoms with E-state index >= 15 is 0 Å². The highest BCUT2D eigenvalue weighted by Crippen LogP contribution is 2.31. The van der Waals surface area contributed by atoms with Crippen LogP contribution in [0.3, 0.4) is 0 Å². The predicted molar refractivity (Wildman–Crippen MR) is 64.7 cm³/mol. The molecule has 0 aliphatic carbocycles. The fraction of sp³-hybridized carbons (Fsp3) is 0.417. The number of methoxy groups -OCH3 is 2. The maximum absolute atomic E-state index is 10.6. The third-order valence-corrected chi connectivity index (χ3v) is 2.58. The smallest absolute Gasteiger partial charge is 0.305 e. The van der Waals surface area contributed by atoms with Crippen molar-refractivity contribution in [2.75, 3.05) is 14.2 Å². The van der Waals surface area contributed by atoms with Crippen LogP contribution < -0.4 is 15.2 Å². The summed E-state index contributed by atoms with van der Waals surface area (Å²) >= 11 is 0. The molecule has 0 saturated carbocycles. The third kappa shape index (κ3) is 3.35. The minimum absolute atomic E-state index is 0.323. The van der Waals surface area contributed by atoms with Crippen molar-refractivity contribution < 1.29 is 24.5 Å². The minimum atomic E-state index is -1.11. The van der Waals surface area contributed by atoms with Crippen molar-refractivity contribution in [2.24, 2.45) is 5.73 Å². The Kier molecular flexibility index (Phi) is 4.94. The maximum Gasteiger partial charge on any atom is 0.305 e. The van der Waals surface area contributed by atoms with Crippen LogP contribution >= 0.6 is 0 Å². The topological polar surface area (TPSA) is 102 Å². The quantitative estimate of drug-likeness (QED) is 0.685. The van der Waals surface area contributed by atoms with E-state index in [-0.39, 0.29) is 6.42 Å². The van der Waals surface area contributed by atoms with Gasteiger partial charge in [0.15, 0.2) is 0 Å². The number of benzene rings is 1. The lowest BCUT2D eigenvalue weighted by atomic mass is 9.99. The second kappa shape index (κ2) is 6.23. The molecule has 1 rings (SSSR count). The van der Waals surface area contributed by atoms with Crippen molar-refractivity contribution in [1.29, 1.82) is 0 Å². The van der Waals surface area contributed by atoms with Crippen molar-refractivity contribution in [1.82, 2.24) is 0 Å². The monoisotopic (exact) mass is 255 g/mol. The van der Waals surface area contributed by atoms with Gasteiger partial charge in [0.05, 0.1) is 26.7 Å². The number of carboxylic acids is 1. The van der Waals surface area contributed by atoms with Crippen LogP contribution in [0, 0.1) is 0 Å². The van der Waals surface area contributed by atoms with E-state index in [0.717, 1.165) is 0 Å². The largest absolute Gasteiger partial charge is 0.497 e. The van der Waals surface area contributed by atoms with Crippen LogP contribution in [0.4, 0.5) is 0 Å². The summed E-state index contributed by atoms with van der Waals surface area (Å²) < 4.78 is 10.2. The second-order valence-electron chi connectivity index (χ2n) is 3.81. The standard InChI is InChI=1S/C12H17NO5/c1-17-7-3-4-8(10(5-7)18-2)12(16)9(13)6-11(14)15/h3-5,9,12,16H,6,13H2,1-2H3,(H,14,15). The molecule has 1 aromatic carbocycles. The molecule has 18 heavy (non-hydrogen) atoms. The molecule has 2 unspecified atom stereocenters. The first-order chi connectivity index (χ1) is 8.49. The lowest BCUT2D eigenvalue weighted by Crippen LogP contribution is -2.31. The molecular formula is C12H17NO5. The number of aliphatic carboxylic acids is 1. The Bertz CT molecular complexity index is 421. The van der Waals surface area contributed by atoms with Gasteiger partial charge in [-0.3, -0.25) is 4.79 Å². The van der Waals surface area contributed by atoms with Crippen molar-refractivity contribution in [3.05, 3.63) is 23.8 Å². The Morgan fingerprint density at radius 3 is 2.56 bits per heavy atom. The zero-order valence-corrected chi connectivity index (χ0v) is 10.3. The Balaban J connectivity index is 2.97. The summed E-state index contributed by atoms with van der Waals surface area (Å²) in [5.41, 5.74) is 6.06. The van der Waals surface area contributed by atoms with Gasteiger partial charge in [0.1, 0.15) is 11.5 Å². The first kappa shape index (κ1) is 14.3. The highest BCUT2D eigenvalue weighted by Gasteiger charge is 2.23. The molecule has 4 N–H and O–H groups in total. The predicted octanol–water partition coefficient (Wildman–Crippen LogP) is 0.539. The number of aliphatic hydroxyl groups excluding tert-OH is 1. The van der Waals surface area contributed by atoms with Gasteiger partial charge in [-0.1, -0.05) is 0 Å². The van der Waals surface area contributed by atoms with Gasteiger partial charge in [0.25, 0.3) is 0 Å². The van der Waals surface area contributed by atoms with Crippen LogP contribution in [0.2, 0.25) is 0 Å². The maximum atomic E-state index is 10.6. The summed E-state index contributed by atoms with van der Waals surface area (Å²) in [5, 5.41) is 18.7. The molecule has 100 valence electrons. The number of carboxylic acid groups (broad SMARTS) is 1. The summed E-state index contributed by atoms with van der Waals surface area (Å²) in [4.78, 5) is 10.6. The van der Waals surface area contributed by atoms with Gasteiger partial charge >= 0.3 is 5.97 Å². The molecular weight excluding hydrogens is 238 g/mol. The number of carbonyl (C=O) groups is 1. The third-order valence-electron chi connectivity index (χ3n) is 2.58. The minimum Gasteiger partial charge on any atom is -0.497 e. The van der Waals surface area contributed by atoms with Crippen molar-refractivity contribution >= 4 is 5.97 Å². The summed E-state index contributed by atoms with van der Waals surface area (Å²) in [7, 11) is 2.97. The molecule has 0 spiro atoms. The van der Waals surface area contributed by atoms with Crippen LogP contribution in [0.25, 0.3) is 0 Å². The average molecular weight is 255 g/mol. The summed E-state index contributed by atoms with van der Waals surface area (Å²) in [6, 6.07) is 3.95. The highest BCUT2D eigenvalue weighted by molar-refractivity contribution is 5.67. The van der Waals surface area contributed by atoms with E-state index in [9.17, 15) is 9.90 Å². The number of ether oxygens (including phenoxy) is 2. The molecule has 6 heteroatoms. The number of aliphatic hydroxyl groups is 1. The lowest BCUT2D eigenvalue weighted by Gasteiger charge is -2.20. The van der Waals surface area contributed by atoms with E-state index in [1.54, 1.807) is 18.2 Å². The zero-order chi connectivity index (χ0) is 13.7. The molecule has 2 atom stereocenters. The molecule has 0 aliphatic rings. The van der Waals surface area contributed by atoms with E-state index < -0.39 is 18.1 Å². The van der Waals surface area contributed by atoms with Crippen molar-refractivity contribution in [2.45, 2.75) is 18.6 Å². The fourth-order valence-electron chi connectivity index (χ4n) is 1.61. The number of rotatable bonds is 6. The van der Waals surface area contributed by atoms with Crippen LogP contribution in [0.1, 0.15) is 18.1 Å². The molecule has 0 aliphatic heterocycles. The van der Waals surface area contributed by atoms with Gasteiger partial charge in [-0.05, 0) is 12.1 Å². The number of nitrogens with two attached hydrogens (primary N) is 1. The normalized spacial score (nSPS) is 13.8. The molecule has 0 saturated heterocycles. The number of hydrogen-bond donors (Lipinski definition) is 3. The van der Waals surface area contributed by atoms with Gasteiger partial charge in [-0.15, -0.1) is 0 Å². The second-order valence-corrected chi connectivity index (χ2v) is 3.81. The van der Waals surface area contributed by atoms with Gasteiger partial charge in [-0.2, -0.15) is 0 Å². The first-order valence-corrected chi connectivity index (χ1v) is 5.37. The zero-order valence-electron chi connectivity index (χ0n) is 10.3. The van der Waals surface area contributed by atoms with Crippen molar-refractivity contribution in [3.63, 3.8) is 0 Å². The molecule has 0 bridgehead atoms. The van der Waals surface area contributed by atoms with E-state index in [2.05, 4.69) is 0 Å². The molecule has 1 aromatic rings. The van der Waals surface area contributed by atoms with Gasteiger partial charge in [0.2, 0.25) is 0 Å². The van der Waals surface area contributed by atoms with Crippen LogP contribution in [-0.4, -0.2) is 36.4 Å². The molecule has 6 nitrogen and oxygen atoms in total. The summed E-state index contributed by atoms with van der Waals surface area (Å²) in [5.74, 6) is -0.0775. The first-order valence-electron chi connectivity index (χ1n) is 5.37. The summed E-state index contributed by atoms with van der Waals surface area (Å²) in [6.45, 7) is 0. The molecule has 0 aromatic heterocycles. The molecule has 0 fully saturated rings. The van der Waals surface area contributed by atoms with E-state index in [1.165, 1.54) is 14.2 Å². The van der Waals surface area contributed by atoms with E-state index in [4.69, 9.17) is 20.3 Å².